The van der Waals surface area contributed by atoms with Crippen molar-refractivity contribution < 1.29 is 0 Å². The van der Waals surface area contributed by atoms with Crippen LogP contribution in [0.5, 0.6) is 0 Å². The Hall–Kier alpha value is -1.31. The number of hydrazone groups is 1. The summed E-state index contributed by atoms with van der Waals surface area (Å²) in [5.41, 5.74) is 2.62. The van der Waals surface area contributed by atoms with Gasteiger partial charge in [-0.25, -0.2) is 0 Å². The van der Waals surface area contributed by atoms with Crippen LogP contribution in [0.25, 0.3) is 0 Å². The molecular formula is C20H30N2. The molecule has 120 valence electrons. The van der Waals surface area contributed by atoms with Gasteiger partial charge in [-0.3, -0.25) is 5.01 Å². The van der Waals surface area contributed by atoms with Crippen LogP contribution in [-0.2, 0) is 0 Å². The number of para-hydroxylation sites is 1. The summed E-state index contributed by atoms with van der Waals surface area (Å²) < 4.78 is 0. The van der Waals surface area contributed by atoms with Crippen molar-refractivity contribution in [3.8, 4) is 0 Å². The van der Waals surface area contributed by atoms with E-state index in [9.17, 15) is 0 Å². The third-order valence-corrected chi connectivity index (χ3v) is 5.37. The highest BCUT2D eigenvalue weighted by Crippen LogP contribution is 2.34. The maximum Gasteiger partial charge on any atom is 0.0607 e. The van der Waals surface area contributed by atoms with Crippen LogP contribution in [0, 0.1) is 5.92 Å². The van der Waals surface area contributed by atoms with Gasteiger partial charge < -0.3 is 0 Å². The molecule has 2 heteroatoms. The molecule has 0 aromatic heterocycles. The lowest BCUT2D eigenvalue weighted by Crippen LogP contribution is -2.33. The molecule has 0 spiro atoms. The van der Waals surface area contributed by atoms with Crippen molar-refractivity contribution in [2.75, 3.05) is 5.01 Å². The first-order chi connectivity index (χ1) is 10.9. The van der Waals surface area contributed by atoms with E-state index in [0.717, 1.165) is 0 Å². The first-order valence-corrected chi connectivity index (χ1v) is 9.25. The third kappa shape index (κ3) is 3.71. The zero-order valence-electron chi connectivity index (χ0n) is 14.0. The van der Waals surface area contributed by atoms with E-state index < -0.39 is 0 Å². The number of benzene rings is 1. The molecule has 1 aromatic carbocycles. The second-order valence-corrected chi connectivity index (χ2v) is 7.00. The molecule has 2 aliphatic rings. The van der Waals surface area contributed by atoms with Crippen molar-refractivity contribution in [3.63, 3.8) is 0 Å². The lowest BCUT2D eigenvalue weighted by molar-refractivity contribution is 0.418. The van der Waals surface area contributed by atoms with Crippen molar-refractivity contribution in [1.29, 1.82) is 0 Å². The van der Waals surface area contributed by atoms with E-state index in [1.807, 2.05) is 0 Å². The molecule has 1 aliphatic carbocycles. The van der Waals surface area contributed by atoms with Crippen LogP contribution in [0.4, 0.5) is 5.69 Å². The molecule has 2 atom stereocenters. The van der Waals surface area contributed by atoms with Gasteiger partial charge in [0.2, 0.25) is 0 Å². The molecule has 0 amide bonds. The Morgan fingerprint density at radius 2 is 1.41 bits per heavy atom. The second kappa shape index (κ2) is 7.80. The minimum Gasteiger partial charge on any atom is -0.262 e. The molecule has 0 saturated heterocycles. The summed E-state index contributed by atoms with van der Waals surface area (Å²) in [6, 6.07) is 11.3. The fraction of sp³-hybridized carbons (Fsp3) is 0.650. The van der Waals surface area contributed by atoms with E-state index in [-0.39, 0.29) is 0 Å². The summed E-state index contributed by atoms with van der Waals surface area (Å²) in [4.78, 5) is 0. The first kappa shape index (κ1) is 15.6. The van der Waals surface area contributed by atoms with Gasteiger partial charge in [0.1, 0.15) is 0 Å². The van der Waals surface area contributed by atoms with Gasteiger partial charge in [-0.2, -0.15) is 5.10 Å². The minimum atomic E-state index is 0.585. The zero-order valence-corrected chi connectivity index (χ0v) is 14.0. The average Bonchev–Trinajstić information content (AvgIpc) is 2.84. The molecule has 0 radical (unpaired) electrons. The van der Waals surface area contributed by atoms with Crippen molar-refractivity contribution in [2.24, 2.45) is 11.0 Å². The van der Waals surface area contributed by atoms with Crippen molar-refractivity contribution in [3.05, 3.63) is 30.3 Å². The van der Waals surface area contributed by atoms with Gasteiger partial charge in [0.05, 0.1) is 11.7 Å². The minimum absolute atomic E-state index is 0.585. The molecular weight excluding hydrogens is 268 g/mol. The van der Waals surface area contributed by atoms with Crippen molar-refractivity contribution in [1.82, 2.24) is 0 Å². The molecule has 3 rings (SSSR count). The maximum atomic E-state index is 4.94. The Kier molecular flexibility index (Phi) is 5.53. The molecule has 1 aliphatic heterocycles. The Morgan fingerprint density at radius 3 is 2.09 bits per heavy atom. The van der Waals surface area contributed by atoms with Crippen LogP contribution in [0.15, 0.2) is 35.4 Å². The standard InChI is InChI=1S/C20H30N2/c1-17-19-15-11-6-4-2-3-5-7-12-16-20(19)22(21-17)18-13-9-8-10-14-18/h8-10,13-14,19-20H,2-7,11-12,15-16H2,1H3/t19-,20+/m1/s1. The fourth-order valence-corrected chi connectivity index (χ4v) is 4.10. The average molecular weight is 298 g/mol. The highest BCUT2D eigenvalue weighted by atomic mass is 15.5. The number of hydrogen-bond donors (Lipinski definition) is 0. The number of fused-ring (bicyclic) bond motifs is 1. The van der Waals surface area contributed by atoms with Crippen LogP contribution >= 0.6 is 0 Å². The molecule has 2 nitrogen and oxygen atoms in total. The summed E-state index contributed by atoms with van der Waals surface area (Å²) in [5, 5.41) is 7.27. The smallest absolute Gasteiger partial charge is 0.0607 e. The molecule has 1 aromatic rings. The highest BCUT2D eigenvalue weighted by Gasteiger charge is 2.34. The van der Waals surface area contributed by atoms with Crippen LogP contribution in [0.3, 0.4) is 0 Å². The van der Waals surface area contributed by atoms with E-state index >= 15 is 0 Å². The number of nitrogens with zero attached hydrogens (tertiary/aromatic N) is 2. The van der Waals surface area contributed by atoms with Crippen LogP contribution in [0.1, 0.15) is 71.1 Å². The van der Waals surface area contributed by atoms with Crippen LogP contribution in [-0.4, -0.2) is 11.8 Å². The van der Waals surface area contributed by atoms with E-state index in [1.54, 1.807) is 0 Å². The van der Waals surface area contributed by atoms with Gasteiger partial charge >= 0.3 is 0 Å². The highest BCUT2D eigenvalue weighted by molar-refractivity contribution is 5.88. The molecule has 1 heterocycles. The monoisotopic (exact) mass is 298 g/mol. The van der Waals surface area contributed by atoms with Gasteiger partial charge in [0, 0.05) is 11.6 Å². The summed E-state index contributed by atoms with van der Waals surface area (Å²) >= 11 is 0. The van der Waals surface area contributed by atoms with Gasteiger partial charge in [-0.1, -0.05) is 69.6 Å². The summed E-state index contributed by atoms with van der Waals surface area (Å²) in [5.74, 6) is 0.666. The van der Waals surface area contributed by atoms with Crippen LogP contribution < -0.4 is 5.01 Å². The quantitative estimate of drug-likeness (QED) is 0.641. The van der Waals surface area contributed by atoms with E-state index in [4.69, 9.17) is 5.10 Å². The largest absolute Gasteiger partial charge is 0.262 e. The normalized spacial score (nSPS) is 27.5. The molecule has 0 N–H and O–H groups in total. The van der Waals surface area contributed by atoms with Gasteiger partial charge in [-0.05, 0) is 31.9 Å². The van der Waals surface area contributed by atoms with E-state index in [0.29, 0.717) is 12.0 Å². The fourth-order valence-electron chi connectivity index (χ4n) is 4.10. The van der Waals surface area contributed by atoms with Crippen LogP contribution in [0.2, 0.25) is 0 Å². The first-order valence-electron chi connectivity index (χ1n) is 9.25. The van der Waals surface area contributed by atoms with Gasteiger partial charge in [-0.15, -0.1) is 0 Å². The number of anilines is 1. The van der Waals surface area contributed by atoms with E-state index in [2.05, 4.69) is 42.3 Å². The van der Waals surface area contributed by atoms with Gasteiger partial charge in [0.25, 0.3) is 0 Å². The Labute approximate surface area is 135 Å². The predicted octanol–water partition coefficient (Wildman–Crippen LogP) is 5.78. The lowest BCUT2D eigenvalue weighted by Gasteiger charge is -2.28. The number of rotatable bonds is 1. The number of hydrogen-bond acceptors (Lipinski definition) is 2. The van der Waals surface area contributed by atoms with E-state index in [1.165, 1.54) is 75.6 Å². The molecule has 0 unspecified atom stereocenters. The molecule has 22 heavy (non-hydrogen) atoms. The molecule has 0 bridgehead atoms. The Morgan fingerprint density at radius 1 is 0.818 bits per heavy atom. The van der Waals surface area contributed by atoms with Gasteiger partial charge in [0.15, 0.2) is 0 Å². The van der Waals surface area contributed by atoms with Crippen molar-refractivity contribution in [2.45, 2.75) is 77.2 Å². The Balaban J connectivity index is 1.75. The molecule has 1 fully saturated rings. The summed E-state index contributed by atoms with van der Waals surface area (Å²) in [6.07, 6.45) is 13.9. The molecule has 1 saturated carbocycles. The lowest BCUT2D eigenvalue weighted by atomic mass is 9.86. The Bertz CT molecular complexity index is 480. The van der Waals surface area contributed by atoms with Crippen molar-refractivity contribution >= 4 is 11.4 Å². The SMILES string of the molecule is CC1=NN(c2ccccc2)[C@H]2CCCCCCCCCC[C@H]12. The zero-order chi connectivity index (χ0) is 15.2. The third-order valence-electron chi connectivity index (χ3n) is 5.37. The predicted molar refractivity (Wildman–Crippen MR) is 95.5 cm³/mol. The summed E-state index contributed by atoms with van der Waals surface area (Å²) in [6.45, 7) is 2.24. The summed E-state index contributed by atoms with van der Waals surface area (Å²) in [7, 11) is 0. The second-order valence-electron chi connectivity index (χ2n) is 7.00. The topological polar surface area (TPSA) is 15.6 Å². The maximum absolute atomic E-state index is 4.94.